The summed E-state index contributed by atoms with van der Waals surface area (Å²) < 4.78 is 0. The average molecular weight is 158 g/mol. The quantitative estimate of drug-likeness (QED) is 0.652. The zero-order valence-corrected chi connectivity index (χ0v) is 8.30. The smallest absolute Gasteiger partial charge is 0.0568 e. The fourth-order valence-corrected chi connectivity index (χ4v) is 1.61. The molecule has 0 spiro atoms. The van der Waals surface area contributed by atoms with E-state index in [1.54, 1.807) is 0 Å². The minimum Gasteiger partial charge on any atom is -0.393 e. The molecule has 0 radical (unpaired) electrons. The van der Waals surface area contributed by atoms with E-state index in [-0.39, 0.29) is 6.10 Å². The van der Waals surface area contributed by atoms with Crippen LogP contribution in [0.1, 0.15) is 47.0 Å². The van der Waals surface area contributed by atoms with Crippen LogP contribution in [-0.4, -0.2) is 11.2 Å². The molecule has 1 heteroatoms. The van der Waals surface area contributed by atoms with Gasteiger partial charge in [0.25, 0.3) is 0 Å². The summed E-state index contributed by atoms with van der Waals surface area (Å²) in [6, 6.07) is 0. The molecule has 0 aromatic heterocycles. The molecule has 68 valence electrons. The van der Waals surface area contributed by atoms with Gasteiger partial charge in [-0.2, -0.15) is 0 Å². The van der Waals surface area contributed by atoms with Crippen LogP contribution in [0.25, 0.3) is 0 Å². The Hall–Kier alpha value is -0.0400. The molecule has 0 aromatic rings. The van der Waals surface area contributed by atoms with Crippen molar-refractivity contribution in [2.75, 3.05) is 0 Å². The third-order valence-corrected chi connectivity index (χ3v) is 2.39. The first-order chi connectivity index (χ1) is 5.13. The lowest BCUT2D eigenvalue weighted by molar-refractivity contribution is 0.0722. The second kappa shape index (κ2) is 5.59. The van der Waals surface area contributed by atoms with Crippen molar-refractivity contribution >= 4 is 0 Å². The average Bonchev–Trinajstić information content (AvgIpc) is 1.98. The monoisotopic (exact) mass is 158 g/mol. The Morgan fingerprint density at radius 2 is 1.73 bits per heavy atom. The molecule has 0 saturated heterocycles. The van der Waals surface area contributed by atoms with Gasteiger partial charge in [-0.1, -0.05) is 34.1 Å². The van der Waals surface area contributed by atoms with Crippen LogP contribution in [0, 0.1) is 11.8 Å². The lowest BCUT2D eigenvalue weighted by Crippen LogP contribution is -2.24. The number of rotatable bonds is 5. The summed E-state index contributed by atoms with van der Waals surface area (Å²) in [6.07, 6.45) is 3.14. The van der Waals surface area contributed by atoms with Gasteiger partial charge in [0.2, 0.25) is 0 Å². The molecule has 1 N–H and O–H groups in total. The van der Waals surface area contributed by atoms with Crippen LogP contribution in [0.2, 0.25) is 0 Å². The zero-order valence-electron chi connectivity index (χ0n) is 8.30. The van der Waals surface area contributed by atoms with Crippen LogP contribution in [0.3, 0.4) is 0 Å². The maximum Gasteiger partial charge on any atom is 0.0568 e. The number of aliphatic hydroxyl groups is 1. The summed E-state index contributed by atoms with van der Waals surface area (Å²) in [5.74, 6) is 1.12. The van der Waals surface area contributed by atoms with E-state index < -0.39 is 0 Å². The number of hydrogen-bond acceptors (Lipinski definition) is 1. The molecule has 1 nitrogen and oxygen atoms in total. The molecule has 2 atom stereocenters. The summed E-state index contributed by atoms with van der Waals surface area (Å²) in [5, 5.41) is 9.62. The van der Waals surface area contributed by atoms with E-state index in [9.17, 15) is 5.11 Å². The molecule has 0 aromatic carbocycles. The predicted octanol–water partition coefficient (Wildman–Crippen LogP) is 2.83. The molecule has 0 aliphatic rings. The van der Waals surface area contributed by atoms with Crippen molar-refractivity contribution < 1.29 is 5.11 Å². The predicted molar refractivity (Wildman–Crippen MR) is 49.5 cm³/mol. The Morgan fingerprint density at radius 1 is 1.18 bits per heavy atom. The van der Waals surface area contributed by atoms with Gasteiger partial charge in [-0.05, 0) is 24.7 Å². The highest BCUT2D eigenvalue weighted by atomic mass is 16.3. The van der Waals surface area contributed by atoms with E-state index in [0.29, 0.717) is 11.8 Å². The van der Waals surface area contributed by atoms with E-state index in [1.165, 1.54) is 6.42 Å². The third-order valence-electron chi connectivity index (χ3n) is 2.39. The van der Waals surface area contributed by atoms with Gasteiger partial charge in [-0.25, -0.2) is 0 Å². The molecule has 0 amide bonds. The first kappa shape index (κ1) is 11.0. The van der Waals surface area contributed by atoms with E-state index >= 15 is 0 Å². The molecular weight excluding hydrogens is 136 g/mol. The highest BCUT2D eigenvalue weighted by Crippen LogP contribution is 2.22. The number of hydrogen-bond donors (Lipinski definition) is 1. The van der Waals surface area contributed by atoms with E-state index in [4.69, 9.17) is 0 Å². The van der Waals surface area contributed by atoms with Gasteiger partial charge >= 0.3 is 0 Å². The van der Waals surface area contributed by atoms with Crippen molar-refractivity contribution in [2.45, 2.75) is 53.1 Å². The van der Waals surface area contributed by atoms with Crippen LogP contribution in [0.5, 0.6) is 0 Å². The van der Waals surface area contributed by atoms with Crippen LogP contribution < -0.4 is 0 Å². The van der Waals surface area contributed by atoms with Gasteiger partial charge in [-0.3, -0.25) is 0 Å². The molecule has 11 heavy (non-hydrogen) atoms. The van der Waals surface area contributed by atoms with Crippen molar-refractivity contribution in [3.8, 4) is 0 Å². The molecule has 0 aliphatic heterocycles. The van der Waals surface area contributed by atoms with Crippen LogP contribution >= 0.6 is 0 Å². The Labute approximate surface area is 70.8 Å². The first-order valence-corrected chi connectivity index (χ1v) is 4.81. The SMILES string of the molecule is CCC[C@@H](C(C)C)[C@H](O)CC. The second-order valence-corrected chi connectivity index (χ2v) is 3.67. The molecule has 0 saturated carbocycles. The second-order valence-electron chi connectivity index (χ2n) is 3.67. The Balaban J connectivity index is 3.87. The van der Waals surface area contributed by atoms with Gasteiger partial charge in [0.15, 0.2) is 0 Å². The Bertz CT molecular complexity index is 88.9. The summed E-state index contributed by atoms with van der Waals surface area (Å²) in [4.78, 5) is 0. The highest BCUT2D eigenvalue weighted by molar-refractivity contribution is 4.70. The van der Waals surface area contributed by atoms with E-state index in [0.717, 1.165) is 12.8 Å². The fraction of sp³-hybridized carbons (Fsp3) is 1.00. The van der Waals surface area contributed by atoms with Crippen LogP contribution in [0.4, 0.5) is 0 Å². The summed E-state index contributed by atoms with van der Waals surface area (Å²) in [7, 11) is 0. The van der Waals surface area contributed by atoms with Crippen molar-refractivity contribution in [3.63, 3.8) is 0 Å². The van der Waals surface area contributed by atoms with Gasteiger partial charge in [0.05, 0.1) is 6.10 Å². The lowest BCUT2D eigenvalue weighted by Gasteiger charge is -2.24. The largest absolute Gasteiger partial charge is 0.393 e. The molecule has 0 fully saturated rings. The minimum absolute atomic E-state index is 0.0880. The maximum absolute atomic E-state index is 9.62. The molecule has 0 heterocycles. The third kappa shape index (κ3) is 3.76. The highest BCUT2D eigenvalue weighted by Gasteiger charge is 2.19. The Kier molecular flexibility index (Phi) is 5.57. The normalized spacial score (nSPS) is 16.9. The molecule has 0 unspecified atom stereocenters. The first-order valence-electron chi connectivity index (χ1n) is 4.81. The van der Waals surface area contributed by atoms with Crippen LogP contribution in [-0.2, 0) is 0 Å². The van der Waals surface area contributed by atoms with Gasteiger partial charge in [0.1, 0.15) is 0 Å². The topological polar surface area (TPSA) is 20.2 Å². The zero-order chi connectivity index (χ0) is 8.85. The minimum atomic E-state index is -0.0880. The van der Waals surface area contributed by atoms with Crippen molar-refractivity contribution in [2.24, 2.45) is 11.8 Å². The van der Waals surface area contributed by atoms with Crippen molar-refractivity contribution in [1.82, 2.24) is 0 Å². The standard InChI is InChI=1S/C10H22O/c1-5-7-9(8(3)4)10(11)6-2/h8-11H,5-7H2,1-4H3/t9-,10+/m0/s1. The summed E-state index contributed by atoms with van der Waals surface area (Å²) >= 11 is 0. The van der Waals surface area contributed by atoms with Gasteiger partial charge in [-0.15, -0.1) is 0 Å². The molecular formula is C10H22O. The fourth-order valence-electron chi connectivity index (χ4n) is 1.61. The molecule has 0 rings (SSSR count). The van der Waals surface area contributed by atoms with Crippen LogP contribution in [0.15, 0.2) is 0 Å². The van der Waals surface area contributed by atoms with Gasteiger partial charge in [0, 0.05) is 0 Å². The molecule has 0 aliphatic carbocycles. The summed E-state index contributed by atoms with van der Waals surface area (Å²) in [5.41, 5.74) is 0. The Morgan fingerprint density at radius 3 is 2.00 bits per heavy atom. The van der Waals surface area contributed by atoms with Gasteiger partial charge < -0.3 is 5.11 Å². The number of aliphatic hydroxyl groups excluding tert-OH is 1. The molecule has 0 bridgehead atoms. The van der Waals surface area contributed by atoms with Crippen molar-refractivity contribution in [1.29, 1.82) is 0 Å². The summed E-state index contributed by atoms with van der Waals surface area (Å²) in [6.45, 7) is 8.62. The maximum atomic E-state index is 9.62. The van der Waals surface area contributed by atoms with E-state index in [2.05, 4.69) is 27.7 Å². The lowest BCUT2D eigenvalue weighted by atomic mass is 9.85. The van der Waals surface area contributed by atoms with Crippen molar-refractivity contribution in [3.05, 3.63) is 0 Å². The van der Waals surface area contributed by atoms with E-state index in [1.807, 2.05) is 0 Å².